The summed E-state index contributed by atoms with van der Waals surface area (Å²) in [6.07, 6.45) is 3.54. The summed E-state index contributed by atoms with van der Waals surface area (Å²) in [5.74, 6) is 1.83. The van der Waals surface area contributed by atoms with Gasteiger partial charge in [-0.05, 0) is 73.5 Å². The Morgan fingerprint density at radius 1 is 0.839 bits per heavy atom. The van der Waals surface area contributed by atoms with Crippen molar-refractivity contribution in [3.63, 3.8) is 0 Å². The molecule has 5 nitrogen and oxygen atoms in total. The number of hydrogen-bond donors (Lipinski definition) is 2. The van der Waals surface area contributed by atoms with Gasteiger partial charge in [-0.1, -0.05) is 24.6 Å². The molecule has 0 aliphatic carbocycles. The van der Waals surface area contributed by atoms with Crippen LogP contribution in [-0.2, 0) is 0 Å². The minimum Gasteiger partial charge on any atom is -0.508 e. The molecule has 0 spiro atoms. The first kappa shape index (κ1) is 19.8. The molecule has 1 unspecified atom stereocenters. The van der Waals surface area contributed by atoms with Crippen LogP contribution >= 0.6 is 0 Å². The number of nitrogens with zero attached hydrogens (tertiary/aromatic N) is 1. The summed E-state index contributed by atoms with van der Waals surface area (Å²) in [7, 11) is 0. The summed E-state index contributed by atoms with van der Waals surface area (Å²) >= 11 is 0. The van der Waals surface area contributed by atoms with Gasteiger partial charge in [0, 0.05) is 23.7 Å². The molecule has 0 amide bonds. The molecule has 1 atom stereocenters. The van der Waals surface area contributed by atoms with Gasteiger partial charge in [-0.25, -0.2) is 0 Å². The Kier molecular flexibility index (Phi) is 5.43. The fraction of sp³-hybridized carbons (Fsp3) is 0.308. The van der Waals surface area contributed by atoms with E-state index in [1.54, 1.807) is 24.3 Å². The second kappa shape index (κ2) is 8.52. The predicted molar refractivity (Wildman–Crippen MR) is 120 cm³/mol. The van der Waals surface area contributed by atoms with E-state index in [-0.39, 0.29) is 17.6 Å². The lowest BCUT2D eigenvalue weighted by Crippen LogP contribution is -2.33. The summed E-state index contributed by atoms with van der Waals surface area (Å²) in [4.78, 5) is 2.46. The summed E-state index contributed by atoms with van der Waals surface area (Å²) in [6.45, 7) is 3.98. The molecule has 160 valence electrons. The maximum atomic E-state index is 10.1. The van der Waals surface area contributed by atoms with E-state index >= 15 is 0 Å². The smallest absolute Gasteiger partial charge is 0.150 e. The normalized spacial score (nSPS) is 18.0. The summed E-state index contributed by atoms with van der Waals surface area (Å²) in [5, 5.41) is 20.0. The van der Waals surface area contributed by atoms with E-state index in [9.17, 15) is 10.2 Å². The average Bonchev–Trinajstić information content (AvgIpc) is 2.79. The Morgan fingerprint density at radius 3 is 2.32 bits per heavy atom. The number of phenols is 2. The molecule has 2 aliphatic rings. The minimum atomic E-state index is -0.376. The van der Waals surface area contributed by atoms with Gasteiger partial charge >= 0.3 is 0 Å². The van der Waals surface area contributed by atoms with Crippen LogP contribution in [0, 0.1) is 0 Å². The molecule has 0 bridgehead atoms. The van der Waals surface area contributed by atoms with Gasteiger partial charge in [-0.3, -0.25) is 4.90 Å². The third kappa shape index (κ3) is 4.19. The summed E-state index contributed by atoms with van der Waals surface area (Å²) in [6, 6.07) is 18.4. The molecule has 2 N–H and O–H groups in total. The zero-order chi connectivity index (χ0) is 21.2. The van der Waals surface area contributed by atoms with Gasteiger partial charge in [0.05, 0.1) is 0 Å². The van der Waals surface area contributed by atoms with Crippen molar-refractivity contribution < 1.29 is 19.7 Å². The van der Waals surface area contributed by atoms with E-state index in [4.69, 9.17) is 9.47 Å². The van der Waals surface area contributed by atoms with Crippen molar-refractivity contribution >= 4 is 0 Å². The van der Waals surface area contributed by atoms with E-state index in [1.165, 1.54) is 32.4 Å². The highest BCUT2D eigenvalue weighted by molar-refractivity contribution is 5.78. The largest absolute Gasteiger partial charge is 0.508 e. The highest BCUT2D eigenvalue weighted by Gasteiger charge is 2.28. The molecule has 5 heteroatoms. The average molecular weight is 418 g/mol. The highest BCUT2D eigenvalue weighted by Crippen LogP contribution is 2.46. The maximum absolute atomic E-state index is 10.1. The van der Waals surface area contributed by atoms with E-state index in [1.807, 2.05) is 36.4 Å². The second-order valence-electron chi connectivity index (χ2n) is 8.27. The maximum Gasteiger partial charge on any atom is 0.150 e. The third-order valence-electron chi connectivity index (χ3n) is 6.13. The van der Waals surface area contributed by atoms with Crippen LogP contribution < -0.4 is 9.47 Å². The van der Waals surface area contributed by atoms with Crippen molar-refractivity contribution in [2.75, 3.05) is 26.2 Å². The van der Waals surface area contributed by atoms with Gasteiger partial charge in [0.25, 0.3) is 0 Å². The lowest BCUT2D eigenvalue weighted by atomic mass is 9.89. The molecule has 3 aromatic carbocycles. The molecular formula is C26H27NO4. The highest BCUT2D eigenvalue weighted by atomic mass is 16.5. The number of piperidine rings is 1. The third-order valence-corrected chi connectivity index (χ3v) is 6.13. The van der Waals surface area contributed by atoms with Crippen molar-refractivity contribution in [3.05, 3.63) is 71.8 Å². The Balaban J connectivity index is 1.34. The first-order chi connectivity index (χ1) is 15.2. The first-order valence-corrected chi connectivity index (χ1v) is 11.0. The number of benzene rings is 3. The number of fused-ring (bicyclic) bond motifs is 3. The lowest BCUT2D eigenvalue weighted by Gasteiger charge is -2.29. The van der Waals surface area contributed by atoms with Crippen molar-refractivity contribution in [3.8, 4) is 34.1 Å². The van der Waals surface area contributed by atoms with Crippen LogP contribution in [0.3, 0.4) is 0 Å². The predicted octanol–water partition coefficient (Wildman–Crippen LogP) is 5.11. The van der Waals surface area contributed by atoms with Crippen LogP contribution in [0.2, 0.25) is 0 Å². The van der Waals surface area contributed by atoms with Crippen LogP contribution in [0.25, 0.3) is 11.1 Å². The Bertz CT molecular complexity index is 1060. The topological polar surface area (TPSA) is 62.2 Å². The van der Waals surface area contributed by atoms with Crippen LogP contribution in [0.15, 0.2) is 60.7 Å². The molecular weight excluding hydrogens is 390 g/mol. The van der Waals surface area contributed by atoms with E-state index in [2.05, 4.69) is 4.90 Å². The molecule has 0 saturated carbocycles. The summed E-state index contributed by atoms with van der Waals surface area (Å²) < 4.78 is 12.2. The quantitative estimate of drug-likeness (QED) is 0.604. The van der Waals surface area contributed by atoms with Crippen molar-refractivity contribution in [1.29, 1.82) is 0 Å². The molecule has 31 heavy (non-hydrogen) atoms. The summed E-state index contributed by atoms with van der Waals surface area (Å²) in [5.41, 5.74) is 3.76. The molecule has 3 aromatic rings. The number of likely N-dealkylation sites (tertiary alicyclic amines) is 1. The lowest BCUT2D eigenvalue weighted by molar-refractivity contribution is 0.183. The molecule has 5 rings (SSSR count). The zero-order valence-electron chi connectivity index (χ0n) is 17.5. The van der Waals surface area contributed by atoms with Crippen LogP contribution in [0.1, 0.15) is 36.5 Å². The van der Waals surface area contributed by atoms with Gasteiger partial charge in [0.1, 0.15) is 35.7 Å². The Labute approximate surface area is 182 Å². The molecule has 0 aromatic heterocycles. The van der Waals surface area contributed by atoms with Crippen molar-refractivity contribution in [2.45, 2.75) is 25.4 Å². The van der Waals surface area contributed by atoms with Crippen LogP contribution in [0.4, 0.5) is 0 Å². The number of ether oxygens (including phenoxy) is 2. The van der Waals surface area contributed by atoms with Gasteiger partial charge < -0.3 is 19.7 Å². The molecule has 1 fully saturated rings. The SMILES string of the molecule is Oc1ccc2c(c1)OC(c1ccc(OCCN3CCCCC3)cc1)c1cc(O)ccc1-2. The van der Waals surface area contributed by atoms with Crippen molar-refractivity contribution in [2.24, 2.45) is 0 Å². The number of rotatable bonds is 5. The number of phenolic OH excluding ortho intramolecular Hbond substituents is 2. The van der Waals surface area contributed by atoms with Gasteiger partial charge in [0.15, 0.2) is 0 Å². The molecule has 1 saturated heterocycles. The molecule has 2 heterocycles. The minimum absolute atomic E-state index is 0.164. The molecule has 2 aliphatic heterocycles. The first-order valence-electron chi connectivity index (χ1n) is 11.0. The van der Waals surface area contributed by atoms with E-state index in [0.29, 0.717) is 12.4 Å². The monoisotopic (exact) mass is 417 g/mol. The van der Waals surface area contributed by atoms with Crippen LogP contribution in [0.5, 0.6) is 23.0 Å². The second-order valence-corrected chi connectivity index (χ2v) is 8.27. The zero-order valence-corrected chi connectivity index (χ0v) is 17.5. The standard InChI is InChI=1S/C26H27NO4/c28-19-6-10-22-23-11-7-20(29)17-25(23)31-26(24(22)16-19)18-4-8-21(9-5-18)30-15-14-27-12-2-1-3-13-27/h4-11,16-17,26,28-29H,1-3,12-15H2. The fourth-order valence-electron chi connectivity index (χ4n) is 4.50. The van der Waals surface area contributed by atoms with E-state index < -0.39 is 0 Å². The number of hydrogen-bond acceptors (Lipinski definition) is 5. The fourth-order valence-corrected chi connectivity index (χ4v) is 4.50. The van der Waals surface area contributed by atoms with Crippen LogP contribution in [-0.4, -0.2) is 41.4 Å². The molecule has 0 radical (unpaired) electrons. The Hall–Kier alpha value is -3.18. The van der Waals surface area contributed by atoms with Crippen molar-refractivity contribution in [1.82, 2.24) is 4.90 Å². The van der Waals surface area contributed by atoms with E-state index in [0.717, 1.165) is 34.5 Å². The van der Waals surface area contributed by atoms with Gasteiger partial charge in [0.2, 0.25) is 0 Å². The Morgan fingerprint density at radius 2 is 1.55 bits per heavy atom. The number of aromatic hydroxyl groups is 2. The van der Waals surface area contributed by atoms with Gasteiger partial charge in [-0.15, -0.1) is 0 Å². The van der Waals surface area contributed by atoms with Gasteiger partial charge in [-0.2, -0.15) is 0 Å².